The second-order valence-electron chi connectivity index (χ2n) is 3.12. The first-order valence-electron chi connectivity index (χ1n) is 4.78. The van der Waals surface area contributed by atoms with Crippen molar-refractivity contribution in [1.82, 2.24) is 19.9 Å². The van der Waals surface area contributed by atoms with E-state index in [2.05, 4.69) is 19.9 Å². The summed E-state index contributed by atoms with van der Waals surface area (Å²) in [6, 6.07) is 5.45. The molecule has 3 rings (SSSR count). The molecule has 9 heteroatoms. The molecule has 0 amide bonds. The number of rotatable bonds is 1. The molecule has 19 heavy (non-hydrogen) atoms. The number of fused-ring (bicyclic) bond motifs is 1. The van der Waals surface area contributed by atoms with Gasteiger partial charge in [0.15, 0.2) is 0 Å². The zero-order valence-corrected chi connectivity index (χ0v) is 13.3. The molecule has 0 atom stereocenters. The minimum absolute atomic E-state index is 0. The number of halogens is 1. The summed E-state index contributed by atoms with van der Waals surface area (Å²) in [7, 11) is 0. The predicted molar refractivity (Wildman–Crippen MR) is 64.3 cm³/mol. The fourth-order valence-electron chi connectivity index (χ4n) is 1.19. The van der Waals surface area contributed by atoms with E-state index in [0.717, 1.165) is 11.0 Å². The van der Waals surface area contributed by atoms with Crippen LogP contribution in [-0.2, 0) is 19.5 Å². The van der Waals surface area contributed by atoms with Crippen LogP contribution in [0.2, 0.25) is 5.02 Å². The molecule has 0 N–H and O–H groups in total. The maximum absolute atomic E-state index is 9.74. The van der Waals surface area contributed by atoms with Gasteiger partial charge in [-0.1, -0.05) is 24.0 Å². The molecule has 0 saturated carbocycles. The van der Waals surface area contributed by atoms with Gasteiger partial charge in [0.2, 0.25) is 0 Å². The van der Waals surface area contributed by atoms with Crippen LogP contribution in [0.3, 0.4) is 0 Å². The zero-order chi connectivity index (χ0) is 13.0. The first-order valence-corrected chi connectivity index (χ1v) is 5.15. The van der Waals surface area contributed by atoms with Crippen molar-refractivity contribution in [3.63, 3.8) is 0 Å². The zero-order valence-electron chi connectivity index (χ0n) is 9.60. The summed E-state index contributed by atoms with van der Waals surface area (Å²) >= 11 is 5.71. The standard InChI is InChI=1S/C7H4ClN2.C3H2N3O2.Zn/c8-5-1-2-6-7(3-5)10-4-9-6;7-6(8)3-4-1-2-5-3;/h1-4H;1-2H;/q2*-1;+2. The van der Waals surface area contributed by atoms with Crippen LogP contribution < -0.4 is 9.97 Å². The molecular weight excluding hydrogens is 323 g/mol. The van der Waals surface area contributed by atoms with E-state index in [1.54, 1.807) is 12.1 Å². The van der Waals surface area contributed by atoms with E-state index in [-0.39, 0.29) is 25.4 Å². The number of imidazole rings is 2. The Morgan fingerprint density at radius 3 is 2.63 bits per heavy atom. The van der Waals surface area contributed by atoms with Crippen LogP contribution in [0.5, 0.6) is 0 Å². The molecule has 92 valence electrons. The molecule has 3 aromatic rings. The van der Waals surface area contributed by atoms with Gasteiger partial charge in [-0.2, -0.15) is 4.92 Å². The van der Waals surface area contributed by atoms with Gasteiger partial charge in [-0.05, 0) is 23.2 Å². The normalized spacial score (nSPS) is 9.32. The van der Waals surface area contributed by atoms with Gasteiger partial charge in [-0.25, -0.2) is 9.97 Å². The summed E-state index contributed by atoms with van der Waals surface area (Å²) in [5, 5.41) is 10.4. The number of hydrogen-bond donors (Lipinski definition) is 0. The summed E-state index contributed by atoms with van der Waals surface area (Å²) in [6.07, 6.45) is 4.08. The second kappa shape index (κ2) is 6.96. The van der Waals surface area contributed by atoms with E-state index in [4.69, 9.17) is 11.6 Å². The largest absolute Gasteiger partial charge is 2.00 e. The molecule has 0 spiro atoms. The topological polar surface area (TPSA) is 97.1 Å². The van der Waals surface area contributed by atoms with Crippen molar-refractivity contribution in [2.45, 2.75) is 0 Å². The van der Waals surface area contributed by atoms with Gasteiger partial charge in [-0.15, -0.1) is 0 Å². The Hall–Kier alpha value is -1.79. The third-order valence-corrected chi connectivity index (χ3v) is 2.18. The smallest absolute Gasteiger partial charge is 0.458 e. The quantitative estimate of drug-likeness (QED) is 0.384. The van der Waals surface area contributed by atoms with Gasteiger partial charge >= 0.3 is 19.5 Å². The fraction of sp³-hybridized carbons (Fsp3) is 0. The average molecular weight is 329 g/mol. The maximum atomic E-state index is 9.74. The molecule has 0 fully saturated rings. The number of hydrogen-bond acceptors (Lipinski definition) is 4. The van der Waals surface area contributed by atoms with Crippen LogP contribution in [0.4, 0.5) is 5.95 Å². The minimum atomic E-state index is -0.639. The van der Waals surface area contributed by atoms with E-state index >= 15 is 0 Å². The van der Waals surface area contributed by atoms with Gasteiger partial charge in [0.05, 0.1) is 0 Å². The molecule has 0 bridgehead atoms. The third kappa shape index (κ3) is 4.11. The van der Waals surface area contributed by atoms with E-state index in [1.165, 1.54) is 18.7 Å². The second-order valence-corrected chi connectivity index (χ2v) is 3.56. The Labute approximate surface area is 125 Å². The molecule has 0 radical (unpaired) electrons. The SMILES string of the molecule is Clc1ccc2[n-]cnc2c1.O=[N+]([O-])c1ncc[n-]1.[Zn+2]. The Morgan fingerprint density at radius 1 is 1.26 bits per heavy atom. The van der Waals surface area contributed by atoms with E-state index in [9.17, 15) is 10.1 Å². The molecule has 1 aromatic carbocycles. The van der Waals surface area contributed by atoms with Gasteiger partial charge < -0.3 is 20.1 Å². The Bertz CT molecular complexity index is 655. The fourth-order valence-corrected chi connectivity index (χ4v) is 1.36. The Balaban J connectivity index is 0.000000185. The first kappa shape index (κ1) is 15.3. The van der Waals surface area contributed by atoms with E-state index in [0.29, 0.717) is 5.02 Å². The molecule has 0 aliphatic carbocycles. The number of aromatic nitrogens is 4. The van der Waals surface area contributed by atoms with Gasteiger partial charge in [0.1, 0.15) is 0 Å². The molecule has 2 heterocycles. The van der Waals surface area contributed by atoms with Gasteiger partial charge in [0, 0.05) is 17.4 Å². The maximum Gasteiger partial charge on any atom is 2.00 e. The van der Waals surface area contributed by atoms with Crippen LogP contribution in [0, 0.1) is 10.1 Å². The van der Waals surface area contributed by atoms with Gasteiger partial charge in [-0.3, -0.25) is 0 Å². The third-order valence-electron chi connectivity index (χ3n) is 1.94. The minimum Gasteiger partial charge on any atom is -0.458 e. The van der Waals surface area contributed by atoms with Crippen molar-refractivity contribution in [3.8, 4) is 0 Å². The van der Waals surface area contributed by atoms with E-state index in [1.807, 2.05) is 6.07 Å². The summed E-state index contributed by atoms with van der Waals surface area (Å²) in [4.78, 5) is 23.7. The summed E-state index contributed by atoms with van der Waals surface area (Å²) in [5.74, 6) is -0.343. The molecule has 0 saturated heterocycles. The monoisotopic (exact) mass is 327 g/mol. The number of nitro groups is 1. The van der Waals surface area contributed by atoms with Crippen molar-refractivity contribution in [2.24, 2.45) is 0 Å². The average Bonchev–Trinajstić information content (AvgIpc) is 3.00. The molecular formula is C10H6ClN5O2Zn. The molecule has 0 aliphatic rings. The molecule has 7 nitrogen and oxygen atoms in total. The van der Waals surface area contributed by atoms with Crippen LogP contribution in [0.1, 0.15) is 0 Å². The van der Waals surface area contributed by atoms with E-state index < -0.39 is 4.92 Å². The Morgan fingerprint density at radius 2 is 2.05 bits per heavy atom. The van der Waals surface area contributed by atoms with Crippen LogP contribution >= 0.6 is 11.6 Å². The summed E-state index contributed by atoms with van der Waals surface area (Å²) in [6.45, 7) is 0. The molecule has 0 unspecified atom stereocenters. The predicted octanol–water partition coefficient (Wildman–Crippen LogP) is 1.79. The van der Waals surface area contributed by atoms with Crippen molar-refractivity contribution in [2.75, 3.05) is 0 Å². The van der Waals surface area contributed by atoms with Crippen molar-refractivity contribution in [1.29, 1.82) is 0 Å². The summed E-state index contributed by atoms with van der Waals surface area (Å²) < 4.78 is 0. The Kier molecular flexibility index (Phi) is 5.60. The van der Waals surface area contributed by atoms with Crippen molar-refractivity contribution >= 4 is 28.6 Å². The first-order chi connectivity index (χ1) is 8.66. The number of benzene rings is 1. The van der Waals surface area contributed by atoms with Crippen molar-refractivity contribution < 1.29 is 24.4 Å². The van der Waals surface area contributed by atoms with Gasteiger partial charge in [0.25, 0.3) is 5.95 Å². The van der Waals surface area contributed by atoms with Crippen LogP contribution in [0.15, 0.2) is 36.9 Å². The van der Waals surface area contributed by atoms with Crippen LogP contribution in [0.25, 0.3) is 11.0 Å². The molecule has 0 aliphatic heterocycles. The summed E-state index contributed by atoms with van der Waals surface area (Å²) in [5.41, 5.74) is 1.75. The van der Waals surface area contributed by atoms with Crippen LogP contribution in [-0.4, -0.2) is 14.9 Å². The van der Waals surface area contributed by atoms with Crippen molar-refractivity contribution in [3.05, 3.63) is 52.1 Å². The molecule has 2 aromatic heterocycles. The number of nitrogens with zero attached hydrogens (tertiary/aromatic N) is 5.